The molecule has 0 unspecified atom stereocenters. The molecule has 1 aromatic rings. The first-order chi connectivity index (χ1) is 7.19. The molecule has 0 aliphatic carbocycles. The van der Waals surface area contributed by atoms with Crippen LogP contribution in [0.25, 0.3) is 6.08 Å². The molecule has 0 aliphatic rings. The maximum absolute atomic E-state index is 10.6. The number of nitrogens with zero attached hydrogens (tertiary/aromatic N) is 1. The second-order valence-corrected chi connectivity index (χ2v) is 2.99. The van der Waals surface area contributed by atoms with Crippen LogP contribution in [0.5, 0.6) is 5.75 Å². The van der Waals surface area contributed by atoms with Crippen molar-refractivity contribution in [2.45, 2.75) is 13.3 Å². The van der Waals surface area contributed by atoms with Gasteiger partial charge in [-0.3, -0.25) is 10.1 Å². The third kappa shape index (κ3) is 2.80. The second-order valence-electron chi connectivity index (χ2n) is 2.99. The number of ether oxygens (including phenoxy) is 1. The van der Waals surface area contributed by atoms with Crippen molar-refractivity contribution >= 4 is 6.08 Å². The van der Waals surface area contributed by atoms with Gasteiger partial charge in [-0.1, -0.05) is 25.1 Å². The summed E-state index contributed by atoms with van der Waals surface area (Å²) in [5.41, 5.74) is 0.910. The topological polar surface area (TPSA) is 52.4 Å². The highest BCUT2D eigenvalue weighted by Crippen LogP contribution is 2.21. The summed E-state index contributed by atoms with van der Waals surface area (Å²) < 4.78 is 5.10. The fourth-order valence-corrected chi connectivity index (χ4v) is 1.25. The van der Waals surface area contributed by atoms with E-state index >= 15 is 0 Å². The Hall–Kier alpha value is -1.84. The number of rotatable bonds is 4. The molecule has 0 atom stereocenters. The molecule has 15 heavy (non-hydrogen) atoms. The van der Waals surface area contributed by atoms with E-state index in [0.29, 0.717) is 12.2 Å². The lowest BCUT2D eigenvalue weighted by Crippen LogP contribution is -1.97. The number of methoxy groups -OCH3 is 1. The Labute approximate surface area is 88.3 Å². The highest BCUT2D eigenvalue weighted by Gasteiger charge is 2.09. The van der Waals surface area contributed by atoms with Crippen molar-refractivity contribution in [1.29, 1.82) is 0 Å². The molecule has 80 valence electrons. The predicted molar refractivity (Wildman–Crippen MR) is 58.3 cm³/mol. The van der Waals surface area contributed by atoms with Gasteiger partial charge < -0.3 is 4.74 Å². The van der Waals surface area contributed by atoms with E-state index in [1.807, 2.05) is 12.1 Å². The van der Waals surface area contributed by atoms with Crippen LogP contribution >= 0.6 is 0 Å². The number of hydrogen-bond donors (Lipinski definition) is 0. The lowest BCUT2D eigenvalue weighted by molar-refractivity contribution is -0.425. The Balaban J connectivity index is 3.10. The monoisotopic (exact) mass is 207 g/mol. The summed E-state index contributed by atoms with van der Waals surface area (Å²) in [6.45, 7) is 1.75. The van der Waals surface area contributed by atoms with Gasteiger partial charge in [0, 0.05) is 18.1 Å². The van der Waals surface area contributed by atoms with Gasteiger partial charge in [-0.2, -0.15) is 0 Å². The highest BCUT2D eigenvalue weighted by atomic mass is 16.6. The molecule has 4 heteroatoms. The fraction of sp³-hybridized carbons (Fsp3) is 0.273. The molecule has 0 bridgehead atoms. The van der Waals surface area contributed by atoms with Gasteiger partial charge >= 0.3 is 0 Å². The molecule has 0 N–H and O–H groups in total. The van der Waals surface area contributed by atoms with Gasteiger partial charge in [0.05, 0.1) is 12.0 Å². The van der Waals surface area contributed by atoms with Gasteiger partial charge in [0.2, 0.25) is 5.70 Å². The zero-order chi connectivity index (χ0) is 11.3. The molecule has 0 fully saturated rings. The molecule has 0 spiro atoms. The van der Waals surface area contributed by atoms with Crippen LogP contribution in [0.4, 0.5) is 0 Å². The molecule has 0 heterocycles. The second kappa shape index (κ2) is 5.14. The molecule has 0 aromatic heterocycles. The summed E-state index contributed by atoms with van der Waals surface area (Å²) in [6, 6.07) is 7.21. The summed E-state index contributed by atoms with van der Waals surface area (Å²) in [5, 5.41) is 10.6. The van der Waals surface area contributed by atoms with Crippen LogP contribution in [0.1, 0.15) is 18.9 Å². The van der Waals surface area contributed by atoms with Gasteiger partial charge in [0.15, 0.2) is 0 Å². The maximum atomic E-state index is 10.6. The molecular weight excluding hydrogens is 194 g/mol. The number of hydrogen-bond acceptors (Lipinski definition) is 3. The smallest absolute Gasteiger partial charge is 0.246 e. The van der Waals surface area contributed by atoms with E-state index in [4.69, 9.17) is 4.74 Å². The van der Waals surface area contributed by atoms with Crippen LogP contribution in [0.3, 0.4) is 0 Å². The van der Waals surface area contributed by atoms with Gasteiger partial charge in [-0.15, -0.1) is 0 Å². The Kier molecular flexibility index (Phi) is 3.85. The minimum atomic E-state index is -0.369. The van der Waals surface area contributed by atoms with Gasteiger partial charge in [0.1, 0.15) is 5.75 Å². The molecule has 1 rings (SSSR count). The van der Waals surface area contributed by atoms with Crippen LogP contribution < -0.4 is 4.74 Å². The third-order valence-electron chi connectivity index (χ3n) is 2.06. The summed E-state index contributed by atoms with van der Waals surface area (Å²) in [5.74, 6) is 0.644. The SMILES string of the molecule is CC/C(=C\c1ccccc1OC)[N+](=O)[O-]. The minimum Gasteiger partial charge on any atom is -0.496 e. The van der Waals surface area contributed by atoms with Crippen molar-refractivity contribution in [1.82, 2.24) is 0 Å². The van der Waals surface area contributed by atoms with Crippen molar-refractivity contribution < 1.29 is 9.66 Å². The van der Waals surface area contributed by atoms with E-state index < -0.39 is 0 Å². The Morgan fingerprint density at radius 1 is 1.53 bits per heavy atom. The van der Waals surface area contributed by atoms with Crippen LogP contribution in [0.15, 0.2) is 30.0 Å². The average Bonchev–Trinajstić information content (AvgIpc) is 2.25. The zero-order valence-corrected chi connectivity index (χ0v) is 8.77. The highest BCUT2D eigenvalue weighted by molar-refractivity contribution is 5.58. The van der Waals surface area contributed by atoms with E-state index in [-0.39, 0.29) is 10.6 Å². The molecular formula is C11H13NO3. The van der Waals surface area contributed by atoms with Crippen molar-refractivity contribution in [3.63, 3.8) is 0 Å². The first-order valence-corrected chi connectivity index (χ1v) is 4.67. The first kappa shape index (κ1) is 11.2. The normalized spacial score (nSPS) is 11.2. The largest absolute Gasteiger partial charge is 0.496 e. The standard InChI is InChI=1S/C11H13NO3/c1-3-10(12(13)14)8-9-6-4-5-7-11(9)15-2/h4-8H,3H2,1-2H3/b10-8+. The average molecular weight is 207 g/mol. The summed E-state index contributed by atoms with van der Waals surface area (Å²) in [7, 11) is 1.55. The van der Waals surface area contributed by atoms with Crippen molar-refractivity contribution in [2.75, 3.05) is 7.11 Å². The summed E-state index contributed by atoms with van der Waals surface area (Å²) >= 11 is 0. The van der Waals surface area contributed by atoms with E-state index in [1.54, 1.807) is 32.2 Å². The van der Waals surface area contributed by atoms with Gasteiger partial charge in [-0.05, 0) is 6.07 Å². The molecule has 0 saturated heterocycles. The zero-order valence-electron chi connectivity index (χ0n) is 8.77. The minimum absolute atomic E-state index is 0.180. The quantitative estimate of drug-likeness (QED) is 0.563. The first-order valence-electron chi connectivity index (χ1n) is 4.67. The lowest BCUT2D eigenvalue weighted by atomic mass is 10.1. The van der Waals surface area contributed by atoms with E-state index in [9.17, 15) is 10.1 Å². The van der Waals surface area contributed by atoms with Crippen LogP contribution in [-0.4, -0.2) is 12.0 Å². The Bertz CT molecular complexity index is 385. The molecule has 0 aliphatic heterocycles. The Morgan fingerprint density at radius 3 is 2.73 bits per heavy atom. The van der Waals surface area contributed by atoms with Gasteiger partial charge in [0.25, 0.3) is 0 Å². The lowest BCUT2D eigenvalue weighted by Gasteiger charge is -2.03. The number of benzene rings is 1. The van der Waals surface area contributed by atoms with Crippen molar-refractivity contribution in [3.8, 4) is 5.75 Å². The van der Waals surface area contributed by atoms with Crippen molar-refractivity contribution in [3.05, 3.63) is 45.6 Å². The van der Waals surface area contributed by atoms with Crippen molar-refractivity contribution in [2.24, 2.45) is 0 Å². The maximum Gasteiger partial charge on any atom is 0.246 e. The number of nitro groups is 1. The summed E-state index contributed by atoms with van der Waals surface area (Å²) in [6.07, 6.45) is 1.93. The number of allylic oxidation sites excluding steroid dienone is 1. The fourth-order valence-electron chi connectivity index (χ4n) is 1.25. The van der Waals surface area contributed by atoms with E-state index in [0.717, 1.165) is 5.56 Å². The molecule has 1 aromatic carbocycles. The summed E-state index contributed by atoms with van der Waals surface area (Å²) in [4.78, 5) is 10.3. The van der Waals surface area contributed by atoms with Gasteiger partial charge in [-0.25, -0.2) is 0 Å². The van der Waals surface area contributed by atoms with E-state index in [2.05, 4.69) is 0 Å². The van der Waals surface area contributed by atoms with Crippen LogP contribution in [0, 0.1) is 10.1 Å². The third-order valence-corrected chi connectivity index (χ3v) is 2.06. The number of para-hydroxylation sites is 1. The van der Waals surface area contributed by atoms with Crippen LogP contribution in [-0.2, 0) is 0 Å². The molecule has 4 nitrogen and oxygen atoms in total. The van der Waals surface area contributed by atoms with Crippen LogP contribution in [0.2, 0.25) is 0 Å². The molecule has 0 saturated carbocycles. The Morgan fingerprint density at radius 2 is 2.20 bits per heavy atom. The molecule has 0 amide bonds. The van der Waals surface area contributed by atoms with E-state index in [1.165, 1.54) is 0 Å². The predicted octanol–water partition coefficient (Wildman–Crippen LogP) is 2.72. The molecule has 0 radical (unpaired) electrons.